The summed E-state index contributed by atoms with van der Waals surface area (Å²) in [7, 11) is 4.48. The summed E-state index contributed by atoms with van der Waals surface area (Å²) in [4.78, 5) is 31.4. The van der Waals surface area contributed by atoms with Gasteiger partial charge in [0.15, 0.2) is 5.17 Å². The Morgan fingerprint density at radius 1 is 1.18 bits per heavy atom. The van der Waals surface area contributed by atoms with Crippen molar-refractivity contribution in [3.8, 4) is 28.7 Å². The van der Waals surface area contributed by atoms with Gasteiger partial charge in [-0.3, -0.25) is 19.9 Å². The molecular weight excluding hydrogens is 531 g/mol. The lowest BCUT2D eigenvalue weighted by molar-refractivity contribution is -0.137. The molecule has 1 atom stereocenters. The van der Waals surface area contributed by atoms with Gasteiger partial charge in [0, 0.05) is 50.0 Å². The second kappa shape index (κ2) is 11.9. The van der Waals surface area contributed by atoms with Crippen LogP contribution in [-0.4, -0.2) is 59.5 Å². The highest BCUT2D eigenvalue weighted by atomic mass is 32.2. The Morgan fingerprint density at radius 2 is 1.95 bits per heavy atom. The third-order valence-corrected chi connectivity index (χ3v) is 6.90. The standard InChI is InChI=1S/C27H26F3N5O3S/c1-35(2)24(36)14-18-13-20(21-12-17(27(28,29)30)7-9-23(21)38-3)22(15-31-18)25(37)33-26-34-32-11-10-19(39-26)8-6-16-4-5-16/h7,9,11-13,15-16,19H,4-5,10,14H2,1-3H3,(H,33,34,37). The van der Waals surface area contributed by atoms with Crippen molar-refractivity contribution in [1.29, 1.82) is 0 Å². The first-order valence-corrected chi connectivity index (χ1v) is 13.0. The number of ether oxygens (including phenoxy) is 1. The van der Waals surface area contributed by atoms with Crippen molar-refractivity contribution >= 4 is 35.0 Å². The number of nitrogens with zero attached hydrogens (tertiary/aromatic N) is 4. The maximum atomic E-state index is 13.6. The number of carbonyl (C=O) groups is 2. The summed E-state index contributed by atoms with van der Waals surface area (Å²) in [6.45, 7) is 0. The van der Waals surface area contributed by atoms with Crippen LogP contribution >= 0.6 is 11.8 Å². The largest absolute Gasteiger partial charge is 0.496 e. The molecule has 0 bridgehead atoms. The summed E-state index contributed by atoms with van der Waals surface area (Å²) in [6.07, 6.45) is 0.841. The van der Waals surface area contributed by atoms with Gasteiger partial charge in [0.1, 0.15) is 5.75 Å². The number of likely N-dealkylation sites (N-methyl/N-ethyl adjacent to an activating group) is 1. The molecule has 0 spiro atoms. The minimum atomic E-state index is -4.62. The first kappa shape index (κ1) is 28.2. The molecule has 4 rings (SSSR count). The number of carbonyl (C=O) groups excluding carboxylic acids is 2. The molecule has 204 valence electrons. The molecule has 1 aromatic heterocycles. The van der Waals surface area contributed by atoms with E-state index in [2.05, 4.69) is 32.3 Å². The number of aromatic nitrogens is 1. The third-order valence-electron chi connectivity index (χ3n) is 5.90. The van der Waals surface area contributed by atoms with Crippen molar-refractivity contribution in [1.82, 2.24) is 15.2 Å². The van der Waals surface area contributed by atoms with Crippen LogP contribution in [0.5, 0.6) is 5.75 Å². The Bertz CT molecular complexity index is 1390. The lowest BCUT2D eigenvalue weighted by atomic mass is 9.96. The van der Waals surface area contributed by atoms with E-state index in [0.29, 0.717) is 12.3 Å². The van der Waals surface area contributed by atoms with Gasteiger partial charge >= 0.3 is 6.18 Å². The van der Waals surface area contributed by atoms with Crippen molar-refractivity contribution in [3.63, 3.8) is 0 Å². The molecule has 2 heterocycles. The van der Waals surface area contributed by atoms with E-state index in [1.165, 1.54) is 42.1 Å². The van der Waals surface area contributed by atoms with Gasteiger partial charge in [-0.05, 0) is 37.1 Å². The van der Waals surface area contributed by atoms with Gasteiger partial charge in [0.25, 0.3) is 5.91 Å². The fraction of sp³-hybridized carbons (Fsp3) is 0.370. The van der Waals surface area contributed by atoms with E-state index in [-0.39, 0.29) is 50.9 Å². The number of alkyl halides is 3. The number of thioether (sulfide) groups is 1. The lowest BCUT2D eigenvalue weighted by Gasteiger charge is -2.17. The third kappa shape index (κ3) is 7.38. The van der Waals surface area contributed by atoms with Crippen LogP contribution in [0.4, 0.5) is 13.2 Å². The lowest BCUT2D eigenvalue weighted by Crippen LogP contribution is -2.30. The van der Waals surface area contributed by atoms with E-state index in [0.717, 1.165) is 25.0 Å². The van der Waals surface area contributed by atoms with Gasteiger partial charge in [0.2, 0.25) is 5.91 Å². The molecule has 1 fully saturated rings. The first-order valence-electron chi connectivity index (χ1n) is 12.1. The summed E-state index contributed by atoms with van der Waals surface area (Å²) in [6, 6.07) is 4.43. The Kier molecular flexibility index (Phi) is 8.60. The summed E-state index contributed by atoms with van der Waals surface area (Å²) in [5, 5.41) is 10.7. The fourth-order valence-electron chi connectivity index (χ4n) is 3.60. The average molecular weight is 558 g/mol. The van der Waals surface area contributed by atoms with E-state index >= 15 is 0 Å². The summed E-state index contributed by atoms with van der Waals surface area (Å²) in [5.74, 6) is 6.01. The molecule has 1 aromatic carbocycles. The number of benzene rings is 1. The number of rotatable bonds is 5. The second-order valence-corrected chi connectivity index (χ2v) is 10.4. The molecule has 39 heavy (non-hydrogen) atoms. The van der Waals surface area contributed by atoms with Crippen molar-refractivity contribution < 1.29 is 27.5 Å². The molecule has 2 aromatic rings. The van der Waals surface area contributed by atoms with Crippen LogP contribution in [0, 0.1) is 17.8 Å². The Morgan fingerprint density at radius 3 is 2.62 bits per heavy atom. The van der Waals surface area contributed by atoms with E-state index in [4.69, 9.17) is 4.74 Å². The minimum Gasteiger partial charge on any atom is -0.496 e. The monoisotopic (exact) mass is 557 g/mol. The molecule has 8 nitrogen and oxygen atoms in total. The fourth-order valence-corrected chi connectivity index (χ4v) is 4.42. The highest BCUT2D eigenvalue weighted by Gasteiger charge is 2.32. The van der Waals surface area contributed by atoms with Gasteiger partial charge < -0.3 is 9.64 Å². The number of methoxy groups -OCH3 is 1. The van der Waals surface area contributed by atoms with Gasteiger partial charge in [-0.25, -0.2) is 0 Å². The van der Waals surface area contributed by atoms with Crippen molar-refractivity contribution in [2.75, 3.05) is 21.2 Å². The van der Waals surface area contributed by atoms with Gasteiger partial charge in [-0.1, -0.05) is 23.6 Å². The number of amidine groups is 1. The number of amides is 2. The molecule has 0 saturated heterocycles. The minimum absolute atomic E-state index is 0.0224. The topological polar surface area (TPSA) is 96.2 Å². The van der Waals surface area contributed by atoms with E-state index in [1.54, 1.807) is 20.3 Å². The molecule has 12 heteroatoms. The van der Waals surface area contributed by atoms with Crippen LogP contribution in [0.15, 0.2) is 40.7 Å². The zero-order chi connectivity index (χ0) is 28.2. The zero-order valence-electron chi connectivity index (χ0n) is 21.5. The summed E-state index contributed by atoms with van der Waals surface area (Å²) < 4.78 is 46.1. The van der Waals surface area contributed by atoms with Gasteiger partial charge in [-0.2, -0.15) is 18.3 Å². The molecule has 1 saturated carbocycles. The highest BCUT2D eigenvalue weighted by molar-refractivity contribution is 8.14. The molecule has 2 amide bonds. The van der Waals surface area contributed by atoms with E-state index < -0.39 is 17.6 Å². The number of nitrogens with one attached hydrogen (secondary N) is 1. The normalized spacial score (nSPS) is 16.9. The van der Waals surface area contributed by atoms with Crippen molar-refractivity contribution in [2.24, 2.45) is 16.1 Å². The van der Waals surface area contributed by atoms with Gasteiger partial charge in [0.05, 0.1) is 35.6 Å². The number of pyridine rings is 1. The number of halogens is 3. The van der Waals surface area contributed by atoms with Crippen LogP contribution in [0.25, 0.3) is 11.1 Å². The van der Waals surface area contributed by atoms with E-state index in [9.17, 15) is 22.8 Å². The van der Waals surface area contributed by atoms with Crippen LogP contribution < -0.4 is 10.1 Å². The number of hydrogen-bond donors (Lipinski definition) is 1. The second-order valence-electron chi connectivity index (χ2n) is 9.16. The highest BCUT2D eigenvalue weighted by Crippen LogP contribution is 2.38. The first-order chi connectivity index (χ1) is 18.5. The molecule has 0 radical (unpaired) electrons. The van der Waals surface area contributed by atoms with Crippen molar-refractivity contribution in [2.45, 2.75) is 37.1 Å². The Labute approximate surface area is 228 Å². The quantitative estimate of drug-likeness (QED) is 0.550. The maximum absolute atomic E-state index is 13.6. The SMILES string of the molecule is COc1ccc(C(F)(F)F)cc1-c1cc(CC(=O)N(C)C)ncc1C(=O)NC1=NN=CCC(C#CC2CC2)S1. The summed E-state index contributed by atoms with van der Waals surface area (Å²) in [5.41, 5.74) is -0.505. The van der Waals surface area contributed by atoms with Gasteiger partial charge in [-0.15, -0.1) is 5.10 Å². The maximum Gasteiger partial charge on any atom is 0.416 e. The average Bonchev–Trinajstić information content (AvgIpc) is 3.74. The molecule has 1 N–H and O–H groups in total. The van der Waals surface area contributed by atoms with Crippen LogP contribution in [0.2, 0.25) is 0 Å². The Balaban J connectivity index is 1.71. The predicted molar refractivity (Wildman–Crippen MR) is 144 cm³/mol. The smallest absolute Gasteiger partial charge is 0.416 e. The molecule has 1 unspecified atom stereocenters. The summed E-state index contributed by atoms with van der Waals surface area (Å²) >= 11 is 1.25. The predicted octanol–water partition coefficient (Wildman–Crippen LogP) is 4.40. The van der Waals surface area contributed by atoms with Crippen molar-refractivity contribution in [3.05, 3.63) is 47.3 Å². The van der Waals surface area contributed by atoms with Crippen LogP contribution in [0.1, 0.15) is 40.9 Å². The molecule has 2 aliphatic rings. The Hall–Kier alpha value is -3.85. The van der Waals surface area contributed by atoms with Crippen LogP contribution in [-0.2, 0) is 17.4 Å². The van der Waals surface area contributed by atoms with Crippen LogP contribution in [0.3, 0.4) is 0 Å². The molecular formula is C27H26F3N5O3S. The number of hydrogen-bond acceptors (Lipinski definition) is 7. The molecule has 1 aliphatic carbocycles. The molecule has 1 aliphatic heterocycles. The van der Waals surface area contributed by atoms with E-state index in [1.807, 2.05) is 0 Å². The zero-order valence-corrected chi connectivity index (χ0v) is 22.3.